The Morgan fingerprint density at radius 1 is 1.14 bits per heavy atom. The standard InChI is InChI=1S/C22H23NO4S/c1-5-23(17-10-8-7-9-15(17)22(25)26-4)18-12-14(3)11-16-19(24)13-20(28-6-2)27-21(16)18/h7-13H,5-6H2,1-4H3. The summed E-state index contributed by atoms with van der Waals surface area (Å²) in [5.41, 5.74) is 3.32. The van der Waals surface area contributed by atoms with Crippen molar-refractivity contribution in [2.45, 2.75) is 25.9 Å². The molecule has 0 N–H and O–H groups in total. The van der Waals surface area contributed by atoms with Crippen molar-refractivity contribution in [1.82, 2.24) is 0 Å². The van der Waals surface area contributed by atoms with Gasteiger partial charge in [0.05, 0.1) is 29.4 Å². The topological polar surface area (TPSA) is 59.8 Å². The van der Waals surface area contributed by atoms with E-state index in [1.54, 1.807) is 18.2 Å². The number of carbonyl (C=O) groups is 1. The number of nitrogens with zero attached hydrogens (tertiary/aromatic N) is 1. The molecule has 2 aromatic carbocycles. The first-order chi connectivity index (χ1) is 13.5. The fraction of sp³-hybridized carbons (Fsp3) is 0.273. The fourth-order valence-electron chi connectivity index (χ4n) is 3.24. The lowest BCUT2D eigenvalue weighted by atomic mass is 10.1. The molecule has 0 atom stereocenters. The van der Waals surface area contributed by atoms with E-state index in [-0.39, 0.29) is 5.43 Å². The van der Waals surface area contributed by atoms with Crippen LogP contribution in [0, 0.1) is 6.92 Å². The Hall–Kier alpha value is -2.73. The van der Waals surface area contributed by atoms with E-state index in [1.807, 2.05) is 49.9 Å². The van der Waals surface area contributed by atoms with Crippen LogP contribution in [0.25, 0.3) is 11.0 Å². The second kappa shape index (κ2) is 8.52. The number of rotatable bonds is 6. The summed E-state index contributed by atoms with van der Waals surface area (Å²) in [7, 11) is 1.37. The van der Waals surface area contributed by atoms with Gasteiger partial charge in [0.25, 0.3) is 0 Å². The highest BCUT2D eigenvalue weighted by atomic mass is 32.2. The molecule has 0 aliphatic heterocycles. The number of para-hydroxylation sites is 1. The minimum Gasteiger partial charge on any atom is -0.465 e. The number of anilines is 2. The van der Waals surface area contributed by atoms with Crippen molar-refractivity contribution in [2.75, 3.05) is 24.3 Å². The van der Waals surface area contributed by atoms with Gasteiger partial charge in [-0.25, -0.2) is 4.79 Å². The fourth-order valence-corrected chi connectivity index (χ4v) is 3.85. The van der Waals surface area contributed by atoms with Crippen LogP contribution >= 0.6 is 11.8 Å². The van der Waals surface area contributed by atoms with Crippen molar-refractivity contribution in [3.05, 3.63) is 63.8 Å². The van der Waals surface area contributed by atoms with Gasteiger partial charge in [0.15, 0.2) is 16.1 Å². The van der Waals surface area contributed by atoms with Gasteiger partial charge in [-0.05, 0) is 49.4 Å². The lowest BCUT2D eigenvalue weighted by Crippen LogP contribution is -2.20. The first kappa shape index (κ1) is 20.0. The van der Waals surface area contributed by atoms with Gasteiger partial charge in [0.1, 0.15) is 0 Å². The third-order valence-corrected chi connectivity index (χ3v) is 5.20. The summed E-state index contributed by atoms with van der Waals surface area (Å²) >= 11 is 1.48. The van der Waals surface area contributed by atoms with Crippen LogP contribution in [-0.4, -0.2) is 25.4 Å². The number of carbonyl (C=O) groups excluding carboxylic acids is 1. The van der Waals surface area contributed by atoms with Gasteiger partial charge >= 0.3 is 5.97 Å². The maximum Gasteiger partial charge on any atom is 0.339 e. The molecule has 0 bridgehead atoms. The SMILES string of the molecule is CCSc1cc(=O)c2cc(C)cc(N(CC)c3ccccc3C(=O)OC)c2o1. The van der Waals surface area contributed by atoms with E-state index in [9.17, 15) is 9.59 Å². The minimum atomic E-state index is -0.408. The van der Waals surface area contributed by atoms with Crippen molar-refractivity contribution in [3.63, 3.8) is 0 Å². The summed E-state index contributed by atoms with van der Waals surface area (Å²) in [6.45, 7) is 6.53. The molecule has 0 amide bonds. The second-order valence-corrected chi connectivity index (χ2v) is 7.54. The molecule has 5 nitrogen and oxygen atoms in total. The zero-order valence-electron chi connectivity index (χ0n) is 16.4. The van der Waals surface area contributed by atoms with Gasteiger partial charge in [-0.2, -0.15) is 0 Å². The van der Waals surface area contributed by atoms with Crippen LogP contribution in [0.1, 0.15) is 29.8 Å². The van der Waals surface area contributed by atoms with Crippen molar-refractivity contribution in [3.8, 4) is 0 Å². The van der Waals surface area contributed by atoms with Crippen molar-refractivity contribution >= 4 is 40.1 Å². The molecule has 0 spiro atoms. The molecular formula is C22H23NO4S. The zero-order chi connectivity index (χ0) is 20.3. The summed E-state index contributed by atoms with van der Waals surface area (Å²) in [5, 5.41) is 1.12. The lowest BCUT2D eigenvalue weighted by Gasteiger charge is -2.26. The predicted octanol–water partition coefficient (Wildman–Crippen LogP) is 5.16. The van der Waals surface area contributed by atoms with Gasteiger partial charge in [0.2, 0.25) is 0 Å². The number of esters is 1. The molecule has 6 heteroatoms. The third-order valence-electron chi connectivity index (χ3n) is 4.42. The smallest absolute Gasteiger partial charge is 0.339 e. The summed E-state index contributed by atoms with van der Waals surface area (Å²) in [4.78, 5) is 26.9. The highest BCUT2D eigenvalue weighted by molar-refractivity contribution is 7.99. The van der Waals surface area contributed by atoms with Crippen LogP contribution in [0.4, 0.5) is 11.4 Å². The number of fused-ring (bicyclic) bond motifs is 1. The Balaban J connectivity index is 2.29. The van der Waals surface area contributed by atoms with Crippen molar-refractivity contribution < 1.29 is 13.9 Å². The zero-order valence-corrected chi connectivity index (χ0v) is 17.3. The van der Waals surface area contributed by atoms with Gasteiger partial charge < -0.3 is 14.1 Å². The van der Waals surface area contributed by atoms with Gasteiger partial charge in [0, 0.05) is 12.6 Å². The molecule has 28 heavy (non-hydrogen) atoms. The quantitative estimate of drug-likeness (QED) is 0.423. The van der Waals surface area contributed by atoms with Crippen LogP contribution in [-0.2, 0) is 4.74 Å². The van der Waals surface area contributed by atoms with Crippen LogP contribution in [0.5, 0.6) is 0 Å². The highest BCUT2D eigenvalue weighted by Crippen LogP contribution is 2.36. The number of hydrogen-bond donors (Lipinski definition) is 0. The lowest BCUT2D eigenvalue weighted by molar-refractivity contribution is 0.0601. The Morgan fingerprint density at radius 2 is 1.89 bits per heavy atom. The maximum atomic E-state index is 12.7. The normalized spacial score (nSPS) is 10.9. The average molecular weight is 397 g/mol. The first-order valence-corrected chi connectivity index (χ1v) is 10.1. The Bertz CT molecular complexity index is 1070. The van der Waals surface area contributed by atoms with Crippen LogP contribution in [0.3, 0.4) is 0 Å². The minimum absolute atomic E-state index is 0.0699. The highest BCUT2D eigenvalue weighted by Gasteiger charge is 2.21. The summed E-state index contributed by atoms with van der Waals surface area (Å²) in [6, 6.07) is 12.6. The molecule has 3 aromatic rings. The Morgan fingerprint density at radius 3 is 2.57 bits per heavy atom. The van der Waals surface area contributed by atoms with Gasteiger partial charge in [-0.1, -0.05) is 30.8 Å². The Labute approximate surface area is 168 Å². The third kappa shape index (κ3) is 3.78. The summed E-state index contributed by atoms with van der Waals surface area (Å²) in [6.07, 6.45) is 0. The van der Waals surface area contributed by atoms with Crippen molar-refractivity contribution in [1.29, 1.82) is 0 Å². The van der Waals surface area contributed by atoms with Crippen LogP contribution in [0.15, 0.2) is 56.8 Å². The van der Waals surface area contributed by atoms with E-state index in [2.05, 4.69) is 0 Å². The molecule has 0 unspecified atom stereocenters. The van der Waals surface area contributed by atoms with Crippen LogP contribution < -0.4 is 10.3 Å². The number of hydrogen-bond acceptors (Lipinski definition) is 6. The monoisotopic (exact) mass is 397 g/mol. The van der Waals surface area contributed by atoms with E-state index < -0.39 is 5.97 Å². The molecule has 1 heterocycles. The van der Waals surface area contributed by atoms with Gasteiger partial charge in [-0.3, -0.25) is 4.79 Å². The molecule has 0 radical (unpaired) electrons. The second-order valence-electron chi connectivity index (χ2n) is 6.28. The average Bonchev–Trinajstić information content (AvgIpc) is 2.69. The molecule has 0 fully saturated rings. The van der Waals surface area contributed by atoms with Crippen molar-refractivity contribution in [2.24, 2.45) is 0 Å². The molecule has 0 saturated heterocycles. The predicted molar refractivity (Wildman–Crippen MR) is 114 cm³/mol. The first-order valence-electron chi connectivity index (χ1n) is 9.16. The molecular weight excluding hydrogens is 374 g/mol. The number of aryl methyl sites for hydroxylation is 1. The molecule has 1 aromatic heterocycles. The number of methoxy groups -OCH3 is 1. The molecule has 0 aliphatic rings. The van der Waals surface area contributed by atoms with E-state index in [4.69, 9.17) is 9.15 Å². The van der Waals surface area contributed by atoms with Gasteiger partial charge in [-0.15, -0.1) is 0 Å². The Kier molecular flexibility index (Phi) is 6.09. The molecule has 146 valence electrons. The van der Waals surface area contributed by atoms with E-state index >= 15 is 0 Å². The molecule has 3 rings (SSSR count). The molecule has 0 saturated carbocycles. The maximum absolute atomic E-state index is 12.7. The van der Waals surface area contributed by atoms with Crippen LogP contribution in [0.2, 0.25) is 0 Å². The summed E-state index contributed by atoms with van der Waals surface area (Å²) in [5.74, 6) is 0.396. The summed E-state index contributed by atoms with van der Waals surface area (Å²) < 4.78 is 11.1. The van der Waals surface area contributed by atoms with E-state index in [1.165, 1.54) is 18.9 Å². The van der Waals surface area contributed by atoms with E-state index in [0.29, 0.717) is 33.9 Å². The number of ether oxygens (including phenoxy) is 1. The largest absolute Gasteiger partial charge is 0.465 e. The number of thioether (sulfide) groups is 1. The van der Waals surface area contributed by atoms with E-state index in [0.717, 1.165) is 17.0 Å². The number of benzene rings is 2. The molecule has 0 aliphatic carbocycles.